The quantitative estimate of drug-likeness (QED) is 0.444. The number of benzene rings is 1. The second-order valence-corrected chi connectivity index (χ2v) is 3.52. The van der Waals surface area contributed by atoms with Gasteiger partial charge in [-0.3, -0.25) is 4.79 Å². The van der Waals surface area contributed by atoms with Gasteiger partial charge < -0.3 is 10.7 Å². The minimum Gasteiger partial charge on any atom is -0.323 e. The number of amides is 1. The molecule has 2 rings (SSSR count). The number of carbonyl (C=O) groups is 1. The number of hydrazone groups is 1. The highest BCUT2D eigenvalue weighted by molar-refractivity contribution is 5.95. The fourth-order valence-electron chi connectivity index (χ4n) is 1.75. The van der Waals surface area contributed by atoms with Crippen molar-refractivity contribution < 1.29 is 4.79 Å². The van der Waals surface area contributed by atoms with Gasteiger partial charge in [-0.25, -0.2) is 0 Å². The number of nitrogens with two attached hydrogens (primary N) is 1. The van der Waals surface area contributed by atoms with Crippen molar-refractivity contribution in [3.63, 3.8) is 0 Å². The van der Waals surface area contributed by atoms with Gasteiger partial charge in [-0.05, 0) is 24.1 Å². The Morgan fingerprint density at radius 3 is 2.60 bits per heavy atom. The Morgan fingerprint density at radius 1 is 1.33 bits per heavy atom. The number of anilines is 1. The van der Waals surface area contributed by atoms with Crippen LogP contribution < -0.4 is 10.7 Å². The number of carbonyl (C=O) groups excluding carboxylic acids is 1. The van der Waals surface area contributed by atoms with Crippen LogP contribution in [0.5, 0.6) is 0 Å². The van der Waals surface area contributed by atoms with Gasteiger partial charge in [0.1, 0.15) is 0 Å². The molecule has 1 aliphatic heterocycles. The first-order chi connectivity index (χ1) is 7.31. The first-order valence-electron chi connectivity index (χ1n) is 4.95. The van der Waals surface area contributed by atoms with Crippen LogP contribution in [0.25, 0.3) is 0 Å². The van der Waals surface area contributed by atoms with Crippen LogP contribution in [0.4, 0.5) is 5.69 Å². The first kappa shape index (κ1) is 9.71. The van der Waals surface area contributed by atoms with E-state index in [1.807, 2.05) is 29.2 Å². The average molecular weight is 203 g/mol. The van der Waals surface area contributed by atoms with E-state index in [2.05, 4.69) is 5.10 Å². The fourth-order valence-corrected chi connectivity index (χ4v) is 1.75. The molecule has 4 heteroatoms. The van der Waals surface area contributed by atoms with Crippen molar-refractivity contribution in [1.29, 1.82) is 0 Å². The summed E-state index contributed by atoms with van der Waals surface area (Å²) < 4.78 is 0. The van der Waals surface area contributed by atoms with Crippen LogP contribution in [0.2, 0.25) is 0 Å². The molecule has 1 aromatic carbocycles. The van der Waals surface area contributed by atoms with Gasteiger partial charge in [-0.15, -0.1) is 0 Å². The van der Waals surface area contributed by atoms with Gasteiger partial charge in [0.25, 0.3) is 0 Å². The monoisotopic (exact) mass is 203 g/mol. The summed E-state index contributed by atoms with van der Waals surface area (Å²) in [5, 5.41) is 3.44. The molecule has 1 aromatic rings. The average Bonchev–Trinajstić information content (AvgIpc) is 2.66. The van der Waals surface area contributed by atoms with E-state index in [4.69, 9.17) is 5.84 Å². The summed E-state index contributed by atoms with van der Waals surface area (Å²) in [7, 11) is 0. The van der Waals surface area contributed by atoms with Crippen LogP contribution in [0, 0.1) is 0 Å². The third-order valence-corrected chi connectivity index (χ3v) is 2.50. The predicted octanol–water partition coefficient (Wildman–Crippen LogP) is 1.11. The van der Waals surface area contributed by atoms with E-state index in [0.717, 1.165) is 24.2 Å². The Kier molecular flexibility index (Phi) is 2.67. The Balaban J connectivity index is 2.19. The molecule has 0 saturated carbocycles. The van der Waals surface area contributed by atoms with Crippen LogP contribution in [-0.4, -0.2) is 18.7 Å². The summed E-state index contributed by atoms with van der Waals surface area (Å²) >= 11 is 0. The van der Waals surface area contributed by atoms with Gasteiger partial charge in [-0.1, -0.05) is 12.1 Å². The third kappa shape index (κ3) is 1.98. The lowest BCUT2D eigenvalue weighted by molar-refractivity contribution is -0.117. The molecule has 1 fully saturated rings. The maximum atomic E-state index is 11.5. The summed E-state index contributed by atoms with van der Waals surface area (Å²) in [6, 6.07) is 7.63. The summed E-state index contributed by atoms with van der Waals surface area (Å²) in [5.41, 5.74) is 1.89. The highest BCUT2D eigenvalue weighted by Crippen LogP contribution is 2.21. The molecule has 1 amide bonds. The zero-order valence-electron chi connectivity index (χ0n) is 8.39. The molecule has 78 valence electrons. The van der Waals surface area contributed by atoms with Gasteiger partial charge in [-0.2, -0.15) is 5.10 Å². The maximum Gasteiger partial charge on any atom is 0.227 e. The van der Waals surface area contributed by atoms with E-state index in [0.29, 0.717) is 6.42 Å². The minimum atomic E-state index is 0.204. The molecule has 0 spiro atoms. The van der Waals surface area contributed by atoms with Crippen LogP contribution in [0.15, 0.2) is 29.4 Å². The van der Waals surface area contributed by atoms with Crippen molar-refractivity contribution in [2.75, 3.05) is 11.4 Å². The molecule has 0 bridgehead atoms. The highest BCUT2D eigenvalue weighted by atomic mass is 16.2. The van der Waals surface area contributed by atoms with Crippen molar-refractivity contribution in [1.82, 2.24) is 0 Å². The molecule has 0 unspecified atom stereocenters. The van der Waals surface area contributed by atoms with Gasteiger partial charge in [0, 0.05) is 18.7 Å². The van der Waals surface area contributed by atoms with Crippen molar-refractivity contribution in [3.05, 3.63) is 29.8 Å². The third-order valence-electron chi connectivity index (χ3n) is 2.50. The largest absolute Gasteiger partial charge is 0.323 e. The van der Waals surface area contributed by atoms with E-state index in [1.54, 1.807) is 6.21 Å². The number of hydrogen-bond donors (Lipinski definition) is 1. The Morgan fingerprint density at radius 2 is 2.07 bits per heavy atom. The first-order valence-corrected chi connectivity index (χ1v) is 4.95. The number of hydrogen-bond acceptors (Lipinski definition) is 3. The molecular weight excluding hydrogens is 190 g/mol. The predicted molar refractivity (Wildman–Crippen MR) is 59.8 cm³/mol. The van der Waals surface area contributed by atoms with E-state index in [1.165, 1.54) is 0 Å². The molecule has 0 aromatic heterocycles. The lowest BCUT2D eigenvalue weighted by Crippen LogP contribution is -2.23. The number of nitrogens with zero attached hydrogens (tertiary/aromatic N) is 2. The highest BCUT2D eigenvalue weighted by Gasteiger charge is 2.21. The van der Waals surface area contributed by atoms with Crippen LogP contribution in [0.3, 0.4) is 0 Å². The lowest BCUT2D eigenvalue weighted by Gasteiger charge is -2.15. The number of rotatable bonds is 2. The second kappa shape index (κ2) is 4.13. The minimum absolute atomic E-state index is 0.204. The van der Waals surface area contributed by atoms with Gasteiger partial charge in [0.15, 0.2) is 0 Å². The fraction of sp³-hybridized carbons (Fsp3) is 0.273. The molecule has 4 nitrogen and oxygen atoms in total. The molecule has 2 N–H and O–H groups in total. The second-order valence-electron chi connectivity index (χ2n) is 3.52. The van der Waals surface area contributed by atoms with E-state index >= 15 is 0 Å². The summed E-state index contributed by atoms with van der Waals surface area (Å²) in [5.74, 6) is 5.25. The molecule has 0 atom stereocenters. The Labute approximate surface area is 88.4 Å². The zero-order valence-corrected chi connectivity index (χ0v) is 8.39. The van der Waals surface area contributed by atoms with E-state index < -0.39 is 0 Å². The molecule has 1 heterocycles. The van der Waals surface area contributed by atoms with Crippen LogP contribution in [-0.2, 0) is 4.79 Å². The smallest absolute Gasteiger partial charge is 0.227 e. The standard InChI is InChI=1S/C11H13N3O/c12-13-8-9-3-5-10(6-4-9)14-7-1-2-11(14)15/h3-6,8H,1-2,7,12H2. The normalized spacial score (nSPS) is 16.5. The topological polar surface area (TPSA) is 58.7 Å². The van der Waals surface area contributed by atoms with Crippen LogP contribution >= 0.6 is 0 Å². The summed E-state index contributed by atoms with van der Waals surface area (Å²) in [6.07, 6.45) is 3.19. The molecule has 0 radical (unpaired) electrons. The maximum absolute atomic E-state index is 11.5. The van der Waals surface area contributed by atoms with Crippen LogP contribution in [0.1, 0.15) is 18.4 Å². The van der Waals surface area contributed by atoms with E-state index in [9.17, 15) is 4.79 Å². The molecule has 1 aliphatic rings. The lowest BCUT2D eigenvalue weighted by atomic mass is 10.2. The van der Waals surface area contributed by atoms with Crippen molar-refractivity contribution in [3.8, 4) is 0 Å². The van der Waals surface area contributed by atoms with Crippen molar-refractivity contribution in [2.24, 2.45) is 10.9 Å². The van der Waals surface area contributed by atoms with Crippen molar-refractivity contribution in [2.45, 2.75) is 12.8 Å². The molecule has 1 saturated heterocycles. The zero-order chi connectivity index (χ0) is 10.7. The Hall–Kier alpha value is -1.84. The Bertz CT molecular complexity index is 383. The molecular formula is C11H13N3O. The van der Waals surface area contributed by atoms with Gasteiger partial charge in [0.2, 0.25) is 5.91 Å². The van der Waals surface area contributed by atoms with Crippen molar-refractivity contribution >= 4 is 17.8 Å². The summed E-state index contributed by atoms with van der Waals surface area (Å²) in [4.78, 5) is 13.3. The summed E-state index contributed by atoms with van der Waals surface area (Å²) in [6.45, 7) is 0.823. The van der Waals surface area contributed by atoms with Gasteiger partial charge >= 0.3 is 0 Å². The molecule has 0 aliphatic carbocycles. The molecule has 15 heavy (non-hydrogen) atoms. The SMILES string of the molecule is NN=Cc1ccc(N2CCCC2=O)cc1. The van der Waals surface area contributed by atoms with Gasteiger partial charge in [0.05, 0.1) is 6.21 Å². The van der Waals surface area contributed by atoms with E-state index in [-0.39, 0.29) is 5.91 Å².